The van der Waals surface area contributed by atoms with Gasteiger partial charge in [0.1, 0.15) is 5.82 Å². The summed E-state index contributed by atoms with van der Waals surface area (Å²) >= 11 is 0. The lowest BCUT2D eigenvalue weighted by Gasteiger charge is -1.97. The van der Waals surface area contributed by atoms with E-state index in [2.05, 4.69) is 5.32 Å². The van der Waals surface area contributed by atoms with Crippen molar-refractivity contribution in [2.45, 2.75) is 19.8 Å². The molecule has 0 aliphatic heterocycles. The van der Waals surface area contributed by atoms with Gasteiger partial charge in [0.05, 0.1) is 6.42 Å². The molecule has 1 amide bonds. The highest BCUT2D eigenvalue weighted by atomic mass is 19.1. The number of hydrogen-bond donors (Lipinski definition) is 2. The number of halogens is 1. The van der Waals surface area contributed by atoms with E-state index in [0.717, 1.165) is 0 Å². The molecule has 0 unspecified atom stereocenters. The van der Waals surface area contributed by atoms with E-state index in [9.17, 15) is 14.0 Å². The summed E-state index contributed by atoms with van der Waals surface area (Å²) in [5, 5.41) is 10.6. The summed E-state index contributed by atoms with van der Waals surface area (Å²) in [6.45, 7) is 2.34. The third-order valence-corrected chi connectivity index (χ3v) is 1.67. The summed E-state index contributed by atoms with van der Waals surface area (Å²) in [4.78, 5) is 20.5. The largest absolute Gasteiger partial charge is 0.481 e. The first-order valence-electron chi connectivity index (χ1n) is 5.25. The molecule has 1 aromatic carbocycles. The van der Waals surface area contributed by atoms with E-state index in [-0.39, 0.29) is 24.6 Å². The smallest absolute Gasteiger partial charge is 0.303 e. The summed E-state index contributed by atoms with van der Waals surface area (Å²) in [6, 6.07) is 7.94. The molecule has 0 saturated carbocycles. The van der Waals surface area contributed by atoms with E-state index >= 15 is 0 Å². The fourth-order valence-electron chi connectivity index (χ4n) is 0.921. The van der Waals surface area contributed by atoms with Crippen molar-refractivity contribution >= 4 is 11.9 Å². The van der Waals surface area contributed by atoms with Crippen LogP contribution in [0.25, 0.3) is 0 Å². The molecule has 4 nitrogen and oxygen atoms in total. The van der Waals surface area contributed by atoms with Crippen molar-refractivity contribution < 1.29 is 19.1 Å². The van der Waals surface area contributed by atoms with Crippen LogP contribution in [-0.2, 0) is 9.59 Å². The van der Waals surface area contributed by atoms with Crippen LogP contribution >= 0.6 is 0 Å². The Bertz CT molecular complexity index is 341. The Morgan fingerprint density at radius 1 is 1.24 bits per heavy atom. The molecule has 17 heavy (non-hydrogen) atoms. The molecule has 0 aliphatic carbocycles. The van der Waals surface area contributed by atoms with Gasteiger partial charge in [0.25, 0.3) is 0 Å². The Morgan fingerprint density at radius 2 is 1.82 bits per heavy atom. The van der Waals surface area contributed by atoms with Crippen LogP contribution in [0.2, 0.25) is 0 Å². The highest BCUT2D eigenvalue weighted by molar-refractivity contribution is 5.80. The standard InChI is InChI=1S/C6H5F.C6H11NO3/c7-6-4-2-1-3-5-6;1-2-7-5(8)3-4-6(9)10/h1-5H;2-4H2,1H3,(H,7,8)(H,9,10). The highest BCUT2D eigenvalue weighted by Gasteiger charge is 2.02. The molecule has 2 N–H and O–H groups in total. The third kappa shape index (κ3) is 10.4. The molecule has 94 valence electrons. The summed E-state index contributed by atoms with van der Waals surface area (Å²) in [7, 11) is 0. The summed E-state index contributed by atoms with van der Waals surface area (Å²) in [6.07, 6.45) is -0.0188. The number of amides is 1. The SMILES string of the molecule is CCNC(=O)CCC(=O)O.Fc1ccccc1. The van der Waals surface area contributed by atoms with Crippen LogP contribution in [0.15, 0.2) is 30.3 Å². The average molecular weight is 241 g/mol. The lowest BCUT2D eigenvalue weighted by Crippen LogP contribution is -2.22. The van der Waals surface area contributed by atoms with Crippen molar-refractivity contribution in [1.82, 2.24) is 5.32 Å². The summed E-state index contributed by atoms with van der Waals surface area (Å²) in [5.74, 6) is -1.32. The maximum atomic E-state index is 11.9. The number of aliphatic carboxylic acids is 1. The van der Waals surface area contributed by atoms with Gasteiger partial charge in [0, 0.05) is 13.0 Å². The molecule has 5 heteroatoms. The second-order valence-electron chi connectivity index (χ2n) is 3.14. The molecular weight excluding hydrogens is 225 g/mol. The topological polar surface area (TPSA) is 66.4 Å². The predicted octanol–water partition coefficient (Wildman–Crippen LogP) is 1.81. The van der Waals surface area contributed by atoms with Gasteiger partial charge in [0.2, 0.25) is 5.91 Å². The van der Waals surface area contributed by atoms with Gasteiger partial charge in [-0.15, -0.1) is 0 Å². The predicted molar refractivity (Wildman–Crippen MR) is 62.0 cm³/mol. The quantitative estimate of drug-likeness (QED) is 0.844. The van der Waals surface area contributed by atoms with E-state index in [1.807, 2.05) is 0 Å². The lowest BCUT2D eigenvalue weighted by molar-refractivity contribution is -0.138. The van der Waals surface area contributed by atoms with Gasteiger partial charge in [-0.25, -0.2) is 4.39 Å². The zero-order chi connectivity index (χ0) is 13.1. The molecule has 0 heterocycles. The molecule has 0 fully saturated rings. The lowest BCUT2D eigenvalue weighted by atomic mass is 10.3. The zero-order valence-electron chi connectivity index (χ0n) is 9.65. The Kier molecular flexibility index (Phi) is 8.28. The summed E-state index contributed by atoms with van der Waals surface area (Å²) < 4.78 is 11.9. The molecule has 0 radical (unpaired) electrons. The van der Waals surface area contributed by atoms with Gasteiger partial charge in [-0.1, -0.05) is 18.2 Å². The second-order valence-corrected chi connectivity index (χ2v) is 3.14. The number of hydrogen-bond acceptors (Lipinski definition) is 2. The maximum absolute atomic E-state index is 11.9. The van der Waals surface area contributed by atoms with Gasteiger partial charge >= 0.3 is 5.97 Å². The van der Waals surface area contributed by atoms with Crippen molar-refractivity contribution in [2.75, 3.05) is 6.54 Å². The highest BCUT2D eigenvalue weighted by Crippen LogP contribution is 1.91. The van der Waals surface area contributed by atoms with Crippen LogP contribution in [0, 0.1) is 5.82 Å². The number of carboxylic acids is 1. The third-order valence-electron chi connectivity index (χ3n) is 1.67. The van der Waals surface area contributed by atoms with Gasteiger partial charge in [-0.05, 0) is 19.1 Å². The van der Waals surface area contributed by atoms with Crippen molar-refractivity contribution in [2.24, 2.45) is 0 Å². The molecule has 1 rings (SSSR count). The maximum Gasteiger partial charge on any atom is 0.303 e. The number of carbonyl (C=O) groups is 2. The Labute approximate surface area is 99.5 Å². The number of rotatable bonds is 4. The fraction of sp³-hybridized carbons (Fsp3) is 0.333. The molecule has 1 aromatic rings. The summed E-state index contributed by atoms with van der Waals surface area (Å²) in [5.41, 5.74) is 0. The molecule has 0 spiro atoms. The van der Waals surface area contributed by atoms with Crippen LogP contribution in [-0.4, -0.2) is 23.5 Å². The molecule has 0 aromatic heterocycles. The molecular formula is C12H16FNO3. The van der Waals surface area contributed by atoms with Gasteiger partial charge in [-0.2, -0.15) is 0 Å². The van der Waals surface area contributed by atoms with Crippen LogP contribution in [0.4, 0.5) is 4.39 Å². The van der Waals surface area contributed by atoms with E-state index < -0.39 is 5.97 Å². The first kappa shape index (κ1) is 15.1. The molecule has 0 bridgehead atoms. The number of carbonyl (C=O) groups excluding carboxylic acids is 1. The van der Waals surface area contributed by atoms with Crippen molar-refractivity contribution in [3.05, 3.63) is 36.1 Å². The minimum Gasteiger partial charge on any atom is -0.481 e. The zero-order valence-corrected chi connectivity index (χ0v) is 9.65. The van der Waals surface area contributed by atoms with Gasteiger partial charge < -0.3 is 10.4 Å². The first-order valence-corrected chi connectivity index (χ1v) is 5.25. The number of carboxylic acid groups (broad SMARTS) is 1. The molecule has 0 atom stereocenters. The normalized spacial score (nSPS) is 8.82. The van der Waals surface area contributed by atoms with E-state index in [4.69, 9.17) is 5.11 Å². The minimum absolute atomic E-state index is 0.0726. The fourth-order valence-corrected chi connectivity index (χ4v) is 0.921. The monoisotopic (exact) mass is 241 g/mol. The number of nitrogens with one attached hydrogen (secondary N) is 1. The average Bonchev–Trinajstić information content (AvgIpc) is 2.29. The van der Waals surface area contributed by atoms with E-state index in [1.54, 1.807) is 25.1 Å². The van der Waals surface area contributed by atoms with Gasteiger partial charge in [-0.3, -0.25) is 9.59 Å². The van der Waals surface area contributed by atoms with Crippen molar-refractivity contribution in [3.63, 3.8) is 0 Å². The van der Waals surface area contributed by atoms with E-state index in [1.165, 1.54) is 12.1 Å². The number of benzene rings is 1. The van der Waals surface area contributed by atoms with Crippen molar-refractivity contribution in [3.8, 4) is 0 Å². The van der Waals surface area contributed by atoms with E-state index in [0.29, 0.717) is 6.54 Å². The Hall–Kier alpha value is -1.91. The Balaban J connectivity index is 0.000000318. The molecule has 0 aliphatic rings. The second kappa shape index (κ2) is 9.33. The van der Waals surface area contributed by atoms with Crippen LogP contribution in [0.3, 0.4) is 0 Å². The van der Waals surface area contributed by atoms with Crippen LogP contribution in [0.1, 0.15) is 19.8 Å². The van der Waals surface area contributed by atoms with Gasteiger partial charge in [0.15, 0.2) is 0 Å². The van der Waals surface area contributed by atoms with Crippen LogP contribution in [0.5, 0.6) is 0 Å². The van der Waals surface area contributed by atoms with Crippen LogP contribution < -0.4 is 5.32 Å². The first-order chi connectivity index (χ1) is 8.06. The van der Waals surface area contributed by atoms with Crippen molar-refractivity contribution in [1.29, 1.82) is 0 Å². The minimum atomic E-state index is -0.939. The Morgan fingerprint density at radius 3 is 2.18 bits per heavy atom. The molecule has 0 saturated heterocycles.